The fourth-order valence-corrected chi connectivity index (χ4v) is 4.13. The number of amides is 1. The third kappa shape index (κ3) is 4.54. The first-order valence-corrected chi connectivity index (χ1v) is 10.7. The molecule has 0 bridgehead atoms. The van der Waals surface area contributed by atoms with Crippen LogP contribution in [0.4, 0.5) is 5.69 Å². The summed E-state index contributed by atoms with van der Waals surface area (Å²) in [6.45, 7) is 10.7. The van der Waals surface area contributed by atoms with Crippen molar-refractivity contribution in [2.45, 2.75) is 26.8 Å². The largest absolute Gasteiger partial charge is 0.454 e. The topological polar surface area (TPSA) is 55.2 Å². The van der Waals surface area contributed by atoms with E-state index in [0.29, 0.717) is 6.54 Å². The number of hydrogen-bond donors (Lipinski definition) is 2. The summed E-state index contributed by atoms with van der Waals surface area (Å²) in [7, 11) is 0. The number of anilines is 1. The Morgan fingerprint density at radius 2 is 1.77 bits per heavy atom. The molecule has 2 aliphatic heterocycles. The number of nitrogens with one attached hydrogen (secondary N) is 2. The van der Waals surface area contributed by atoms with E-state index in [2.05, 4.69) is 52.7 Å². The number of carbonyl (C=O) groups excluding carboxylic acids is 1. The Kier molecular flexibility index (Phi) is 5.86. The van der Waals surface area contributed by atoms with E-state index >= 15 is 0 Å². The molecule has 2 heterocycles. The minimum Gasteiger partial charge on any atom is -0.454 e. The molecule has 0 aliphatic carbocycles. The number of nitrogens with zero attached hydrogens (tertiary/aromatic N) is 1. The molecule has 4 rings (SSSR count). The van der Waals surface area contributed by atoms with Crippen LogP contribution >= 0.6 is 0 Å². The van der Waals surface area contributed by atoms with E-state index in [-0.39, 0.29) is 18.7 Å². The van der Waals surface area contributed by atoms with Crippen molar-refractivity contribution in [3.63, 3.8) is 0 Å². The van der Waals surface area contributed by atoms with E-state index < -0.39 is 5.41 Å². The molecule has 2 aromatic carbocycles. The van der Waals surface area contributed by atoms with E-state index in [9.17, 15) is 4.79 Å². The third-order valence-electron chi connectivity index (χ3n) is 5.97. The lowest BCUT2D eigenvalue weighted by atomic mass is 9.95. The number of benzene rings is 2. The number of ether oxygens (including phenoxy) is 2. The van der Waals surface area contributed by atoms with Crippen molar-refractivity contribution in [1.29, 1.82) is 0 Å². The van der Waals surface area contributed by atoms with Gasteiger partial charge in [0.15, 0.2) is 11.5 Å². The molecule has 6 heteroatoms. The zero-order valence-electron chi connectivity index (χ0n) is 18.1. The first kappa shape index (κ1) is 20.5. The van der Waals surface area contributed by atoms with Crippen LogP contribution in [0.15, 0.2) is 48.5 Å². The molecule has 2 aromatic rings. The van der Waals surface area contributed by atoms with Crippen LogP contribution in [-0.2, 0) is 4.79 Å². The predicted octanol–water partition coefficient (Wildman–Crippen LogP) is 2.02. The van der Waals surface area contributed by atoms with E-state index in [1.54, 1.807) is 0 Å². The summed E-state index contributed by atoms with van der Waals surface area (Å²) in [6, 6.07) is 16.9. The summed E-state index contributed by atoms with van der Waals surface area (Å²) in [5, 5.41) is 3.18. The van der Waals surface area contributed by atoms with Gasteiger partial charge >= 0.3 is 0 Å². The number of quaternary nitrogens is 1. The molecular formula is C24H32N3O3+. The summed E-state index contributed by atoms with van der Waals surface area (Å²) in [5.74, 6) is 1.66. The molecule has 1 atom stereocenters. The molecule has 160 valence electrons. The molecule has 2 N–H and O–H groups in total. The summed E-state index contributed by atoms with van der Waals surface area (Å²) >= 11 is 0. The molecule has 0 unspecified atom stereocenters. The number of piperazine rings is 1. The molecule has 1 fully saturated rings. The van der Waals surface area contributed by atoms with Crippen molar-refractivity contribution in [1.82, 2.24) is 5.32 Å². The maximum absolute atomic E-state index is 12.5. The molecular weight excluding hydrogens is 378 g/mol. The molecule has 6 nitrogen and oxygen atoms in total. The minimum atomic E-state index is -0.402. The molecule has 0 aromatic heterocycles. The van der Waals surface area contributed by atoms with Crippen LogP contribution in [0, 0.1) is 5.41 Å². The smallest absolute Gasteiger partial charge is 0.231 e. The third-order valence-corrected chi connectivity index (χ3v) is 5.97. The van der Waals surface area contributed by atoms with E-state index in [0.717, 1.165) is 37.7 Å². The summed E-state index contributed by atoms with van der Waals surface area (Å²) < 4.78 is 11.1. The van der Waals surface area contributed by atoms with Gasteiger partial charge in [-0.25, -0.2) is 0 Å². The van der Waals surface area contributed by atoms with E-state index in [1.807, 2.05) is 26.8 Å². The summed E-state index contributed by atoms with van der Waals surface area (Å²) in [4.78, 5) is 16.5. The van der Waals surface area contributed by atoms with Crippen LogP contribution < -0.4 is 24.6 Å². The number of fused-ring (bicyclic) bond motifs is 1. The Morgan fingerprint density at radius 1 is 1.07 bits per heavy atom. The lowest BCUT2D eigenvalue weighted by molar-refractivity contribution is -0.931. The first-order valence-electron chi connectivity index (χ1n) is 10.7. The van der Waals surface area contributed by atoms with Crippen LogP contribution in [0.2, 0.25) is 0 Å². The Bertz CT molecular complexity index is 871. The Morgan fingerprint density at radius 3 is 2.47 bits per heavy atom. The maximum atomic E-state index is 12.5. The Balaban J connectivity index is 1.49. The molecule has 1 amide bonds. The molecule has 0 spiro atoms. The zero-order valence-corrected chi connectivity index (χ0v) is 18.1. The van der Waals surface area contributed by atoms with Crippen LogP contribution in [-0.4, -0.2) is 45.4 Å². The van der Waals surface area contributed by atoms with E-state index in [4.69, 9.17) is 9.47 Å². The standard InChI is InChI=1S/C24H31N3O3/c1-24(2,3)23(28)25-16-20(18-9-10-21-22(15-18)30-17-29-21)27-13-11-26(12-14-27)19-7-5-4-6-8-19/h4-10,15,20H,11-14,16-17H2,1-3H3,(H,25,28)/p+1/t20-/m1/s1. The van der Waals surface area contributed by atoms with Gasteiger partial charge in [0, 0.05) is 16.7 Å². The van der Waals surface area contributed by atoms with Gasteiger partial charge in [0.25, 0.3) is 0 Å². The van der Waals surface area contributed by atoms with Gasteiger partial charge in [0.1, 0.15) is 6.04 Å². The van der Waals surface area contributed by atoms with Crippen LogP contribution in [0.1, 0.15) is 32.4 Å². The van der Waals surface area contributed by atoms with Gasteiger partial charge in [0.05, 0.1) is 32.7 Å². The highest BCUT2D eigenvalue weighted by Crippen LogP contribution is 2.33. The second-order valence-corrected chi connectivity index (χ2v) is 9.11. The fourth-order valence-electron chi connectivity index (χ4n) is 4.13. The van der Waals surface area contributed by atoms with Crippen molar-refractivity contribution in [2.75, 3.05) is 44.4 Å². The van der Waals surface area contributed by atoms with E-state index in [1.165, 1.54) is 16.2 Å². The van der Waals surface area contributed by atoms with Crippen molar-refractivity contribution in [3.8, 4) is 11.5 Å². The van der Waals surface area contributed by atoms with Crippen LogP contribution in [0.5, 0.6) is 11.5 Å². The lowest BCUT2D eigenvalue weighted by Crippen LogP contribution is -3.15. The highest BCUT2D eigenvalue weighted by atomic mass is 16.7. The second kappa shape index (κ2) is 8.56. The molecule has 2 aliphatic rings. The maximum Gasteiger partial charge on any atom is 0.231 e. The average molecular weight is 411 g/mol. The Labute approximate surface area is 178 Å². The van der Waals surface area contributed by atoms with Crippen molar-refractivity contribution in [2.24, 2.45) is 5.41 Å². The molecule has 0 radical (unpaired) electrons. The number of rotatable bonds is 5. The van der Waals surface area contributed by atoms with Gasteiger partial charge in [-0.15, -0.1) is 0 Å². The highest BCUT2D eigenvalue weighted by molar-refractivity contribution is 5.81. The SMILES string of the molecule is CC(C)(C)C(=O)NC[C@H](c1ccc2c(c1)OCO2)[NH+]1CCN(c2ccccc2)CC1. The van der Waals surface area contributed by atoms with Gasteiger partial charge in [-0.3, -0.25) is 4.79 Å². The highest BCUT2D eigenvalue weighted by Gasteiger charge is 2.31. The van der Waals surface area contributed by atoms with Crippen molar-refractivity contribution in [3.05, 3.63) is 54.1 Å². The monoisotopic (exact) mass is 410 g/mol. The first-order chi connectivity index (χ1) is 14.4. The number of para-hydroxylation sites is 1. The predicted molar refractivity (Wildman–Crippen MR) is 117 cm³/mol. The van der Waals surface area contributed by atoms with Gasteiger partial charge in [-0.1, -0.05) is 39.0 Å². The minimum absolute atomic E-state index is 0.0792. The zero-order chi connectivity index (χ0) is 21.1. The average Bonchev–Trinajstić information content (AvgIpc) is 3.22. The quantitative estimate of drug-likeness (QED) is 0.792. The van der Waals surface area contributed by atoms with Gasteiger partial charge in [-0.05, 0) is 30.3 Å². The van der Waals surface area contributed by atoms with Crippen molar-refractivity contribution < 1.29 is 19.2 Å². The normalized spacial score (nSPS) is 17.6. The molecule has 1 saturated heterocycles. The number of carbonyl (C=O) groups is 1. The summed E-state index contributed by atoms with van der Waals surface area (Å²) in [5.41, 5.74) is 2.05. The van der Waals surface area contributed by atoms with Gasteiger partial charge in [0.2, 0.25) is 12.7 Å². The summed E-state index contributed by atoms with van der Waals surface area (Å²) in [6.07, 6.45) is 0. The van der Waals surface area contributed by atoms with Crippen LogP contribution in [0.3, 0.4) is 0 Å². The molecule has 30 heavy (non-hydrogen) atoms. The molecule has 0 saturated carbocycles. The number of hydrogen-bond acceptors (Lipinski definition) is 4. The van der Waals surface area contributed by atoms with Gasteiger partial charge < -0.3 is 24.6 Å². The van der Waals surface area contributed by atoms with Gasteiger partial charge in [-0.2, -0.15) is 0 Å². The van der Waals surface area contributed by atoms with Crippen molar-refractivity contribution >= 4 is 11.6 Å². The second-order valence-electron chi connectivity index (χ2n) is 9.11. The van der Waals surface area contributed by atoms with Crippen LogP contribution in [0.25, 0.3) is 0 Å². The fraction of sp³-hybridized carbons (Fsp3) is 0.458. The Hall–Kier alpha value is -2.73. The lowest BCUT2D eigenvalue weighted by Gasteiger charge is -2.38.